The fraction of sp³-hybridized carbons (Fsp3) is 0.571. The van der Waals surface area contributed by atoms with Gasteiger partial charge in [0.1, 0.15) is 12.8 Å². The van der Waals surface area contributed by atoms with Gasteiger partial charge in [-0.15, -0.1) is 0 Å². The Hall–Kier alpha value is -3.44. The van der Waals surface area contributed by atoms with E-state index in [0.717, 1.165) is 24.2 Å². The average Bonchev–Trinajstić information content (AvgIpc) is 3.65. The molecule has 1 aliphatic heterocycles. The molecule has 0 bridgehead atoms. The molecule has 0 spiro atoms. The minimum absolute atomic E-state index is 0.00269. The molecule has 1 saturated heterocycles. The Kier molecular flexibility index (Phi) is 7.97. The molecular formula is C35H41FN2O5. The third-order valence-electron chi connectivity index (χ3n) is 11.1. The number of alkyl halides is 1. The summed E-state index contributed by atoms with van der Waals surface area (Å²) < 4.78 is 21.3. The number of benzene rings is 1. The fourth-order valence-corrected chi connectivity index (χ4v) is 9.16. The molecule has 0 radical (unpaired) electrons. The van der Waals surface area contributed by atoms with Crippen LogP contribution in [0.4, 0.5) is 10.1 Å². The summed E-state index contributed by atoms with van der Waals surface area (Å²) in [7, 11) is 0. The summed E-state index contributed by atoms with van der Waals surface area (Å²) in [6.07, 6.45) is 6.18. The number of anilines is 1. The quantitative estimate of drug-likeness (QED) is 0.204. The number of ketones is 1. The Morgan fingerprint density at radius 2 is 1.93 bits per heavy atom. The van der Waals surface area contributed by atoms with Crippen molar-refractivity contribution in [2.24, 2.45) is 27.8 Å². The van der Waals surface area contributed by atoms with Gasteiger partial charge < -0.3 is 20.0 Å². The minimum atomic E-state index is -1.20. The number of aliphatic hydroxyl groups excluding tert-OH is 1. The van der Waals surface area contributed by atoms with Crippen LogP contribution in [0.5, 0.6) is 0 Å². The number of aliphatic hydroxyl groups is 1. The molecule has 6 atom stereocenters. The summed E-state index contributed by atoms with van der Waals surface area (Å²) in [6, 6.07) is 8.75. The number of rotatable bonds is 5. The Morgan fingerprint density at radius 3 is 2.60 bits per heavy atom. The predicted molar refractivity (Wildman–Crippen MR) is 162 cm³/mol. The van der Waals surface area contributed by atoms with E-state index in [4.69, 9.17) is 4.74 Å². The number of carbonyl (C=O) groups excluding carboxylic acids is 2. The summed E-state index contributed by atoms with van der Waals surface area (Å²) >= 11 is 0. The number of oxime groups is 1. The maximum absolute atomic E-state index is 16.1. The molecule has 1 unspecified atom stereocenters. The van der Waals surface area contributed by atoms with Gasteiger partial charge in [0.25, 0.3) is 0 Å². The van der Waals surface area contributed by atoms with Crippen LogP contribution in [0.2, 0.25) is 0 Å². The van der Waals surface area contributed by atoms with Crippen LogP contribution < -0.4 is 4.90 Å². The van der Waals surface area contributed by atoms with Crippen molar-refractivity contribution < 1.29 is 29.0 Å². The van der Waals surface area contributed by atoms with Crippen molar-refractivity contribution in [1.82, 2.24) is 0 Å². The summed E-state index contributed by atoms with van der Waals surface area (Å²) in [5.74, 6) is 5.06. The van der Waals surface area contributed by atoms with Gasteiger partial charge in [-0.25, -0.2) is 4.39 Å². The van der Waals surface area contributed by atoms with Crippen molar-refractivity contribution in [2.45, 2.75) is 77.3 Å². The molecule has 8 heteroatoms. The standard InChI is InChI=1S/C35H41FN2O5/c1-22(40)43-21-32(41)35(13-5-17-39)14-12-30-28-19-31(36)27-18-24(37-42)8-11-26(27)33(28)29(20-34(30,35)2)23-6-9-25(10-7-23)38-15-3-4-16-38/h6-7,9-10,18,28-31,39,42H,3-4,8,11-12,14-17,19-21H2,1-2H3/t28-,29+,30-,31?,34-,35+/m0/s1. The highest BCUT2D eigenvalue weighted by Gasteiger charge is 2.66. The van der Waals surface area contributed by atoms with Gasteiger partial charge in [0, 0.05) is 31.6 Å². The third-order valence-corrected chi connectivity index (χ3v) is 11.1. The number of hydrogen-bond acceptors (Lipinski definition) is 7. The van der Waals surface area contributed by atoms with Crippen molar-refractivity contribution in [3.8, 4) is 11.8 Å². The van der Waals surface area contributed by atoms with Crippen LogP contribution in [0, 0.1) is 34.5 Å². The number of halogens is 1. The van der Waals surface area contributed by atoms with Crippen LogP contribution in [0.15, 0.2) is 52.2 Å². The number of fused-ring (bicyclic) bond motifs is 4. The molecule has 7 nitrogen and oxygen atoms in total. The largest absolute Gasteiger partial charge is 0.458 e. The predicted octanol–water partition coefficient (Wildman–Crippen LogP) is 5.51. The van der Waals surface area contributed by atoms with E-state index in [1.54, 1.807) is 6.08 Å². The second-order valence-electron chi connectivity index (χ2n) is 13.1. The van der Waals surface area contributed by atoms with Crippen molar-refractivity contribution >= 4 is 23.2 Å². The summed E-state index contributed by atoms with van der Waals surface area (Å²) in [5.41, 5.74) is 4.01. The van der Waals surface area contributed by atoms with Crippen molar-refractivity contribution in [3.63, 3.8) is 0 Å². The van der Waals surface area contributed by atoms with E-state index in [1.807, 2.05) is 0 Å². The molecule has 4 aliphatic carbocycles. The second-order valence-corrected chi connectivity index (χ2v) is 13.1. The van der Waals surface area contributed by atoms with E-state index in [9.17, 15) is 19.9 Å². The first kappa shape index (κ1) is 29.6. The molecule has 0 amide bonds. The lowest BCUT2D eigenvalue weighted by atomic mass is 9.48. The Balaban J connectivity index is 1.49. The molecule has 6 rings (SSSR count). The highest BCUT2D eigenvalue weighted by atomic mass is 19.1. The number of nitrogens with zero attached hydrogens (tertiary/aromatic N) is 2. The SMILES string of the molecule is CC(=O)OCC(=O)[C@@]1(C#CCO)CC[C@H]2[C@@H]3CC(F)C4=CC(=NO)CCC4=C3[C@@H](c3ccc(N4CCCC4)cc3)C[C@@]21C. The summed E-state index contributed by atoms with van der Waals surface area (Å²) in [6.45, 7) is 4.76. The Bertz CT molecular complexity index is 1450. The van der Waals surface area contributed by atoms with Crippen LogP contribution in [0.1, 0.15) is 76.7 Å². The van der Waals surface area contributed by atoms with Crippen LogP contribution in [-0.2, 0) is 14.3 Å². The maximum Gasteiger partial charge on any atom is 0.303 e. The highest BCUT2D eigenvalue weighted by Crippen LogP contribution is 2.69. The molecule has 228 valence electrons. The fourth-order valence-electron chi connectivity index (χ4n) is 9.16. The van der Waals surface area contributed by atoms with Gasteiger partial charge in [-0.1, -0.05) is 41.6 Å². The number of allylic oxidation sites excluding steroid dienone is 4. The molecular weight excluding hydrogens is 547 g/mol. The minimum Gasteiger partial charge on any atom is -0.458 e. The number of ether oxygens (including phenoxy) is 1. The lowest BCUT2D eigenvalue weighted by Crippen LogP contribution is -2.52. The topological polar surface area (TPSA) is 99.4 Å². The normalized spacial score (nSPS) is 34.1. The molecule has 43 heavy (non-hydrogen) atoms. The molecule has 2 N–H and O–H groups in total. The van der Waals surface area contributed by atoms with Crippen molar-refractivity contribution in [1.29, 1.82) is 0 Å². The van der Waals surface area contributed by atoms with Crippen LogP contribution in [0.25, 0.3) is 0 Å². The lowest BCUT2D eigenvalue weighted by Gasteiger charge is -2.55. The summed E-state index contributed by atoms with van der Waals surface area (Å²) in [4.78, 5) is 28.1. The highest BCUT2D eigenvalue weighted by molar-refractivity contribution is 5.97. The van der Waals surface area contributed by atoms with Gasteiger partial charge in [0.2, 0.25) is 0 Å². The number of esters is 1. The van der Waals surface area contributed by atoms with E-state index < -0.39 is 23.0 Å². The van der Waals surface area contributed by atoms with Gasteiger partial charge in [-0.05, 0) is 104 Å². The zero-order valence-electron chi connectivity index (χ0n) is 25.1. The first-order chi connectivity index (χ1) is 20.7. The van der Waals surface area contributed by atoms with E-state index in [1.165, 1.54) is 31.0 Å². The number of Topliss-reactive ketones (excluding diaryl/α,β-unsaturated/α-hetero) is 1. The number of hydrogen-bond donors (Lipinski definition) is 2. The van der Waals surface area contributed by atoms with Gasteiger partial charge in [0.05, 0.1) is 11.1 Å². The molecule has 0 aromatic heterocycles. The second kappa shape index (κ2) is 11.6. The Morgan fingerprint density at radius 1 is 1.19 bits per heavy atom. The first-order valence-electron chi connectivity index (χ1n) is 15.6. The lowest BCUT2D eigenvalue weighted by molar-refractivity contribution is -0.150. The molecule has 1 aromatic rings. The zero-order valence-corrected chi connectivity index (χ0v) is 25.1. The van der Waals surface area contributed by atoms with Crippen molar-refractivity contribution in [3.05, 3.63) is 52.6 Å². The van der Waals surface area contributed by atoms with Crippen molar-refractivity contribution in [2.75, 3.05) is 31.2 Å². The number of carbonyl (C=O) groups is 2. The van der Waals surface area contributed by atoms with E-state index in [2.05, 4.69) is 53.1 Å². The summed E-state index contributed by atoms with van der Waals surface area (Å²) in [5, 5.41) is 22.6. The van der Waals surface area contributed by atoms with Crippen LogP contribution in [0.3, 0.4) is 0 Å². The van der Waals surface area contributed by atoms with Gasteiger partial charge in [-0.3, -0.25) is 9.59 Å². The monoisotopic (exact) mass is 588 g/mol. The third kappa shape index (κ3) is 4.90. The van der Waals surface area contributed by atoms with Crippen LogP contribution >= 0.6 is 0 Å². The molecule has 2 saturated carbocycles. The maximum atomic E-state index is 16.1. The van der Waals surface area contributed by atoms with Gasteiger partial charge in [-0.2, -0.15) is 0 Å². The molecule has 1 aromatic carbocycles. The molecule has 1 heterocycles. The smallest absolute Gasteiger partial charge is 0.303 e. The molecule has 5 aliphatic rings. The van der Waals surface area contributed by atoms with Crippen LogP contribution in [-0.4, -0.2) is 60.3 Å². The molecule has 3 fully saturated rings. The average molecular weight is 589 g/mol. The van der Waals surface area contributed by atoms with E-state index >= 15 is 4.39 Å². The zero-order chi connectivity index (χ0) is 30.4. The van der Waals surface area contributed by atoms with E-state index in [-0.39, 0.29) is 36.8 Å². The van der Waals surface area contributed by atoms with Gasteiger partial charge in [0.15, 0.2) is 12.4 Å². The van der Waals surface area contributed by atoms with E-state index in [0.29, 0.717) is 49.8 Å². The van der Waals surface area contributed by atoms with Gasteiger partial charge >= 0.3 is 5.97 Å². The Labute approximate surface area is 252 Å². The first-order valence-corrected chi connectivity index (χ1v) is 15.6.